The van der Waals surface area contributed by atoms with Crippen molar-refractivity contribution in [2.24, 2.45) is 5.11 Å². The quantitative estimate of drug-likeness (QED) is 0.221. The molecule has 0 atom stereocenters. The molecule has 0 saturated carbocycles. The minimum Gasteiger partial charge on any atom is -0.294 e. The van der Waals surface area contributed by atoms with Crippen molar-refractivity contribution in [2.45, 2.75) is 0 Å². The van der Waals surface area contributed by atoms with Gasteiger partial charge in [0.1, 0.15) is 0 Å². The number of ketones is 1. The Labute approximate surface area is 69.5 Å². The first-order chi connectivity index (χ1) is 5.84. The molecule has 0 aromatic heterocycles. The molecule has 0 spiro atoms. The van der Waals surface area contributed by atoms with Gasteiger partial charge in [-0.05, 0) is 5.53 Å². The molecule has 4 nitrogen and oxygen atoms in total. The predicted molar refractivity (Wildman–Crippen MR) is 44.8 cm³/mol. The summed E-state index contributed by atoms with van der Waals surface area (Å²) in [7, 11) is 0. The molecule has 0 unspecified atom stereocenters. The Morgan fingerprint density at radius 1 is 1.42 bits per heavy atom. The van der Waals surface area contributed by atoms with Crippen LogP contribution in [-0.2, 0) is 0 Å². The minimum absolute atomic E-state index is 0.111. The van der Waals surface area contributed by atoms with Gasteiger partial charge in [0.05, 0.1) is 6.54 Å². The number of carbonyl (C=O) groups is 1. The number of Topliss-reactive ketones (excluding diaryl/α,β-unsaturated/α-hetero) is 1. The topological polar surface area (TPSA) is 65.8 Å². The molecule has 0 radical (unpaired) electrons. The molecule has 0 N–H and O–H groups in total. The van der Waals surface area contributed by atoms with Crippen LogP contribution in [0.4, 0.5) is 0 Å². The summed E-state index contributed by atoms with van der Waals surface area (Å²) in [6, 6.07) is 8.74. The Kier molecular flexibility index (Phi) is 2.87. The standard InChI is InChI=1S/C8H7N3O/c9-11-10-6-8(12)7-4-2-1-3-5-7/h1-5H,6H2/i8+1. The van der Waals surface area contributed by atoms with Gasteiger partial charge >= 0.3 is 0 Å². The highest BCUT2D eigenvalue weighted by Gasteiger charge is 2.01. The summed E-state index contributed by atoms with van der Waals surface area (Å²) in [4.78, 5) is 13.6. The van der Waals surface area contributed by atoms with E-state index in [9.17, 15) is 4.79 Å². The predicted octanol–water partition coefficient (Wildman–Crippen LogP) is 2.18. The summed E-state index contributed by atoms with van der Waals surface area (Å²) in [6.45, 7) is -0.111. The van der Waals surface area contributed by atoms with Crippen LogP contribution in [-0.4, -0.2) is 12.3 Å². The smallest absolute Gasteiger partial charge is 0.168 e. The van der Waals surface area contributed by atoms with E-state index in [0.29, 0.717) is 5.56 Å². The van der Waals surface area contributed by atoms with Gasteiger partial charge < -0.3 is 0 Å². The monoisotopic (exact) mass is 162 g/mol. The molecule has 0 fully saturated rings. The third-order valence-electron chi connectivity index (χ3n) is 1.37. The maximum atomic E-state index is 11.1. The maximum absolute atomic E-state index is 11.1. The second kappa shape index (κ2) is 4.16. The van der Waals surface area contributed by atoms with Gasteiger partial charge in [0.25, 0.3) is 0 Å². The van der Waals surface area contributed by atoms with E-state index >= 15 is 0 Å². The molecule has 0 heterocycles. The van der Waals surface area contributed by atoms with Gasteiger partial charge in [-0.1, -0.05) is 35.4 Å². The van der Waals surface area contributed by atoms with Crippen LogP contribution in [0.25, 0.3) is 10.4 Å². The molecule has 60 valence electrons. The summed E-state index contributed by atoms with van der Waals surface area (Å²) in [5, 5.41) is 3.18. The van der Waals surface area contributed by atoms with E-state index in [1.54, 1.807) is 24.3 Å². The third-order valence-corrected chi connectivity index (χ3v) is 1.37. The lowest BCUT2D eigenvalue weighted by Gasteiger charge is -1.93. The fourth-order valence-electron chi connectivity index (χ4n) is 0.811. The second-order valence-electron chi connectivity index (χ2n) is 2.18. The summed E-state index contributed by atoms with van der Waals surface area (Å²) in [6.07, 6.45) is 0. The van der Waals surface area contributed by atoms with Gasteiger partial charge in [-0.15, -0.1) is 0 Å². The van der Waals surface area contributed by atoms with Crippen molar-refractivity contribution in [1.82, 2.24) is 0 Å². The van der Waals surface area contributed by atoms with E-state index in [2.05, 4.69) is 10.0 Å². The van der Waals surface area contributed by atoms with Gasteiger partial charge in [-0.2, -0.15) is 0 Å². The van der Waals surface area contributed by atoms with Crippen molar-refractivity contribution in [3.05, 3.63) is 46.3 Å². The van der Waals surface area contributed by atoms with Crippen LogP contribution in [0.3, 0.4) is 0 Å². The van der Waals surface area contributed by atoms with E-state index < -0.39 is 0 Å². The van der Waals surface area contributed by atoms with Gasteiger partial charge in [0.15, 0.2) is 5.78 Å². The molecule has 1 aromatic carbocycles. The number of azide groups is 1. The molecule has 12 heavy (non-hydrogen) atoms. The molecule has 4 heteroatoms. The first kappa shape index (κ1) is 8.30. The third kappa shape index (κ3) is 2.11. The average Bonchev–Trinajstić information content (AvgIpc) is 2.15. The number of rotatable bonds is 3. The molecule has 1 rings (SSSR count). The van der Waals surface area contributed by atoms with Crippen LogP contribution in [0.5, 0.6) is 0 Å². The largest absolute Gasteiger partial charge is 0.294 e. The van der Waals surface area contributed by atoms with Crippen molar-refractivity contribution in [3.8, 4) is 0 Å². The van der Waals surface area contributed by atoms with E-state index in [-0.39, 0.29) is 12.3 Å². The van der Waals surface area contributed by atoms with Gasteiger partial charge in [0.2, 0.25) is 0 Å². The highest BCUT2D eigenvalue weighted by molar-refractivity contribution is 5.97. The lowest BCUT2D eigenvalue weighted by atomic mass is 10.3. The van der Waals surface area contributed by atoms with Gasteiger partial charge in [0, 0.05) is 10.5 Å². The van der Waals surface area contributed by atoms with E-state index in [0.717, 1.165) is 0 Å². The number of hydrogen-bond acceptors (Lipinski definition) is 2. The maximum Gasteiger partial charge on any atom is 0.168 e. The minimum atomic E-state index is -0.159. The number of carbonyl (C=O) groups excluding carboxylic acids is 1. The average molecular weight is 162 g/mol. The molecule has 0 bridgehead atoms. The first-order valence-electron chi connectivity index (χ1n) is 3.43. The molecular weight excluding hydrogens is 155 g/mol. The number of nitrogens with zero attached hydrogens (tertiary/aromatic N) is 3. The van der Waals surface area contributed by atoms with E-state index in [1.165, 1.54) is 0 Å². The first-order valence-corrected chi connectivity index (χ1v) is 3.43. The van der Waals surface area contributed by atoms with Crippen LogP contribution in [0.15, 0.2) is 35.4 Å². The van der Waals surface area contributed by atoms with Gasteiger partial charge in [-0.3, -0.25) is 4.79 Å². The molecule has 0 aliphatic carbocycles. The number of benzene rings is 1. The summed E-state index contributed by atoms with van der Waals surface area (Å²) in [5.41, 5.74) is 8.54. The fourth-order valence-corrected chi connectivity index (χ4v) is 0.811. The summed E-state index contributed by atoms with van der Waals surface area (Å²) in [5.74, 6) is -0.159. The van der Waals surface area contributed by atoms with Crippen LogP contribution < -0.4 is 0 Å². The SMILES string of the molecule is [N-]=[N+]=NC[13C](=O)c1ccccc1. The lowest BCUT2D eigenvalue weighted by molar-refractivity contribution is 0.100. The van der Waals surface area contributed by atoms with E-state index in [1.807, 2.05) is 6.07 Å². The highest BCUT2D eigenvalue weighted by atomic mass is 16.2. The normalized spacial score (nSPS) is 8.67. The van der Waals surface area contributed by atoms with Crippen LogP contribution in [0, 0.1) is 0 Å². The van der Waals surface area contributed by atoms with Gasteiger partial charge in [-0.25, -0.2) is 0 Å². The molecule has 0 amide bonds. The Morgan fingerprint density at radius 3 is 2.67 bits per heavy atom. The Balaban J connectivity index is 2.72. The molecule has 0 aliphatic heterocycles. The van der Waals surface area contributed by atoms with Crippen molar-refractivity contribution >= 4 is 5.78 Å². The number of hydrogen-bond donors (Lipinski definition) is 0. The second-order valence-corrected chi connectivity index (χ2v) is 2.18. The van der Waals surface area contributed by atoms with Crippen LogP contribution >= 0.6 is 0 Å². The molecule has 0 aliphatic rings. The zero-order valence-corrected chi connectivity index (χ0v) is 6.34. The zero-order valence-electron chi connectivity index (χ0n) is 6.34. The van der Waals surface area contributed by atoms with Crippen molar-refractivity contribution < 1.29 is 4.79 Å². The lowest BCUT2D eigenvalue weighted by Crippen LogP contribution is -2.01. The Bertz CT molecular complexity index is 314. The van der Waals surface area contributed by atoms with Crippen molar-refractivity contribution in [2.75, 3.05) is 6.54 Å². The van der Waals surface area contributed by atoms with E-state index in [4.69, 9.17) is 5.53 Å². The zero-order chi connectivity index (χ0) is 8.81. The van der Waals surface area contributed by atoms with Crippen LogP contribution in [0.2, 0.25) is 0 Å². The molecular formula is C8H7N3O. The molecule has 0 saturated heterocycles. The highest BCUT2D eigenvalue weighted by Crippen LogP contribution is 1.99. The van der Waals surface area contributed by atoms with Crippen molar-refractivity contribution in [1.29, 1.82) is 0 Å². The van der Waals surface area contributed by atoms with Crippen molar-refractivity contribution in [3.63, 3.8) is 0 Å². The van der Waals surface area contributed by atoms with Crippen LogP contribution in [0.1, 0.15) is 10.4 Å². The molecule has 1 aromatic rings. The summed E-state index contributed by atoms with van der Waals surface area (Å²) >= 11 is 0. The fraction of sp³-hybridized carbons (Fsp3) is 0.125. The Morgan fingerprint density at radius 2 is 2.08 bits per heavy atom. The summed E-state index contributed by atoms with van der Waals surface area (Å²) < 4.78 is 0. The Hall–Kier alpha value is -1.80.